The summed E-state index contributed by atoms with van der Waals surface area (Å²) in [6.45, 7) is 19.3. The van der Waals surface area contributed by atoms with Crippen LogP contribution in [-0.4, -0.2) is 58.4 Å². The molecule has 4 aromatic carbocycles. The van der Waals surface area contributed by atoms with Gasteiger partial charge < -0.3 is 29.1 Å². The van der Waals surface area contributed by atoms with Gasteiger partial charge in [0.05, 0.1) is 18.8 Å². The zero-order valence-corrected chi connectivity index (χ0v) is 33.3. The zero-order valence-electron chi connectivity index (χ0n) is 32.4. The SMILES string of the molecule is CC(C)C.COCCN(C=O)c1cc(C(C)(C)c2ccc(Oc3ccc(Sc4ccc(O)cc4)cc3)c(N(C)CCOC=O)c2)ccc1C(C)(C)C. The van der Waals surface area contributed by atoms with E-state index in [1.165, 1.54) is 0 Å². The van der Waals surface area contributed by atoms with Crippen molar-refractivity contribution in [2.75, 3.05) is 50.3 Å². The lowest BCUT2D eigenvalue weighted by molar-refractivity contribution is -0.128. The molecule has 0 saturated carbocycles. The van der Waals surface area contributed by atoms with Crippen LogP contribution in [0.3, 0.4) is 0 Å². The van der Waals surface area contributed by atoms with Crippen LogP contribution in [0.2, 0.25) is 0 Å². The second-order valence-corrected chi connectivity index (χ2v) is 16.0. The summed E-state index contributed by atoms with van der Waals surface area (Å²) in [5.41, 5.74) is 4.29. The maximum atomic E-state index is 12.3. The van der Waals surface area contributed by atoms with Crippen LogP contribution in [-0.2, 0) is 29.9 Å². The smallest absolute Gasteiger partial charge is 0.293 e. The van der Waals surface area contributed by atoms with E-state index in [0.29, 0.717) is 37.7 Å². The van der Waals surface area contributed by atoms with Gasteiger partial charge in [0.1, 0.15) is 18.1 Å². The first-order chi connectivity index (χ1) is 24.6. The van der Waals surface area contributed by atoms with Crippen molar-refractivity contribution in [1.82, 2.24) is 0 Å². The molecule has 0 saturated heterocycles. The molecule has 280 valence electrons. The molecule has 0 aromatic heterocycles. The number of rotatable bonds is 16. The third-order valence-corrected chi connectivity index (χ3v) is 9.34. The summed E-state index contributed by atoms with van der Waals surface area (Å²) in [6.07, 6.45) is 0.875. The van der Waals surface area contributed by atoms with Gasteiger partial charge in [0.2, 0.25) is 6.41 Å². The molecule has 8 nitrogen and oxygen atoms in total. The summed E-state index contributed by atoms with van der Waals surface area (Å²) >= 11 is 1.60. The predicted molar refractivity (Wildman–Crippen MR) is 214 cm³/mol. The molecule has 9 heteroatoms. The molecule has 0 bridgehead atoms. The van der Waals surface area contributed by atoms with E-state index in [9.17, 15) is 14.7 Å². The van der Waals surface area contributed by atoms with E-state index in [-0.39, 0.29) is 17.8 Å². The van der Waals surface area contributed by atoms with Crippen LogP contribution in [0.25, 0.3) is 0 Å². The molecule has 0 heterocycles. The highest BCUT2D eigenvalue weighted by atomic mass is 32.2. The minimum absolute atomic E-state index is 0.173. The number of nitrogens with zero attached hydrogens (tertiary/aromatic N) is 2. The highest BCUT2D eigenvalue weighted by Gasteiger charge is 2.29. The number of aromatic hydroxyl groups is 1. The van der Waals surface area contributed by atoms with Gasteiger partial charge in [-0.2, -0.15) is 0 Å². The molecule has 52 heavy (non-hydrogen) atoms. The predicted octanol–water partition coefficient (Wildman–Crippen LogP) is 9.84. The third-order valence-electron chi connectivity index (χ3n) is 8.33. The highest BCUT2D eigenvalue weighted by Crippen LogP contribution is 2.42. The zero-order chi connectivity index (χ0) is 38.5. The van der Waals surface area contributed by atoms with Crippen LogP contribution in [0, 0.1) is 5.92 Å². The Hall–Kier alpha value is -4.47. The molecule has 0 aliphatic rings. The topological polar surface area (TPSA) is 88.5 Å². The van der Waals surface area contributed by atoms with Crippen molar-refractivity contribution in [3.63, 3.8) is 0 Å². The quantitative estimate of drug-likeness (QED) is 0.0902. The highest BCUT2D eigenvalue weighted by molar-refractivity contribution is 7.99. The van der Waals surface area contributed by atoms with Gasteiger partial charge in [-0.3, -0.25) is 9.59 Å². The first-order valence-electron chi connectivity index (χ1n) is 17.6. The average molecular weight is 729 g/mol. The first kappa shape index (κ1) is 41.9. The molecular weight excluding hydrogens is 673 g/mol. The molecule has 0 spiro atoms. The minimum Gasteiger partial charge on any atom is -0.508 e. The number of methoxy groups -OCH3 is 1. The molecule has 0 aliphatic heterocycles. The van der Waals surface area contributed by atoms with Crippen LogP contribution in [0.4, 0.5) is 11.4 Å². The molecule has 0 aliphatic carbocycles. The van der Waals surface area contributed by atoms with Crippen molar-refractivity contribution >= 4 is 36.0 Å². The minimum atomic E-state index is -0.443. The maximum Gasteiger partial charge on any atom is 0.293 e. The second-order valence-electron chi connectivity index (χ2n) is 14.9. The van der Waals surface area contributed by atoms with Crippen LogP contribution >= 0.6 is 11.8 Å². The number of phenolic OH excluding ortho intramolecular Hbond substituents is 1. The number of carbonyl (C=O) groups is 2. The lowest BCUT2D eigenvalue weighted by Gasteiger charge is -2.33. The molecule has 0 unspecified atom stereocenters. The van der Waals surface area contributed by atoms with Gasteiger partial charge in [-0.25, -0.2) is 0 Å². The Morgan fingerprint density at radius 3 is 1.87 bits per heavy atom. The van der Waals surface area contributed by atoms with Crippen LogP contribution in [0.5, 0.6) is 17.2 Å². The van der Waals surface area contributed by atoms with Gasteiger partial charge in [-0.15, -0.1) is 0 Å². The van der Waals surface area contributed by atoms with Gasteiger partial charge in [0, 0.05) is 41.6 Å². The van der Waals surface area contributed by atoms with Crippen molar-refractivity contribution in [1.29, 1.82) is 0 Å². The number of likely N-dealkylation sites (N-methyl/N-ethyl adjacent to an activating group) is 1. The normalized spacial score (nSPS) is 11.4. The van der Waals surface area contributed by atoms with Crippen LogP contribution in [0.1, 0.15) is 72.1 Å². The Labute approximate surface area is 315 Å². The summed E-state index contributed by atoms with van der Waals surface area (Å²) < 4.78 is 16.7. The number of carbonyl (C=O) groups excluding carboxylic acids is 2. The van der Waals surface area contributed by atoms with Gasteiger partial charge in [-0.05, 0) is 94.8 Å². The summed E-state index contributed by atoms with van der Waals surface area (Å²) in [4.78, 5) is 28.9. The van der Waals surface area contributed by atoms with Crippen molar-refractivity contribution in [2.24, 2.45) is 5.92 Å². The lowest BCUT2D eigenvalue weighted by Crippen LogP contribution is -2.30. The van der Waals surface area contributed by atoms with Gasteiger partial charge in [0.15, 0.2) is 5.75 Å². The molecule has 0 fully saturated rings. The van der Waals surface area contributed by atoms with Crippen molar-refractivity contribution in [3.8, 4) is 17.2 Å². The Balaban J connectivity index is 0.00000173. The lowest BCUT2D eigenvalue weighted by atomic mass is 9.75. The summed E-state index contributed by atoms with van der Waals surface area (Å²) in [5.74, 6) is 2.42. The van der Waals surface area contributed by atoms with Gasteiger partial charge in [-0.1, -0.05) is 85.4 Å². The van der Waals surface area contributed by atoms with E-state index in [0.717, 1.165) is 50.2 Å². The summed E-state index contributed by atoms with van der Waals surface area (Å²) in [7, 11) is 3.58. The fraction of sp³-hybridized carbons (Fsp3) is 0.395. The van der Waals surface area contributed by atoms with E-state index in [1.54, 1.807) is 35.9 Å². The van der Waals surface area contributed by atoms with Gasteiger partial charge >= 0.3 is 0 Å². The Bertz CT molecular complexity index is 1710. The van der Waals surface area contributed by atoms with Crippen LogP contribution < -0.4 is 14.5 Å². The monoisotopic (exact) mass is 728 g/mol. The summed E-state index contributed by atoms with van der Waals surface area (Å²) in [6, 6.07) is 27.5. The standard InChI is InChI=1S/C39H46N2O6S.C4H10/c1-38(2,3)34-18-8-28(24-35(34)41(26-42)21-22-45-7)39(4,5)29-9-19-37(36(25-29)40(6)20-23-46-27-43)47-31-12-16-33(17-13-31)48-32-14-10-30(44)11-15-32;1-4(2)3/h8-19,24-27,44H,20-23H2,1-7H3;4H,1-3H3. The van der Waals surface area contributed by atoms with Crippen molar-refractivity contribution < 1.29 is 28.9 Å². The number of phenols is 1. The largest absolute Gasteiger partial charge is 0.508 e. The fourth-order valence-corrected chi connectivity index (χ4v) is 6.20. The van der Waals surface area contributed by atoms with E-state index in [1.807, 2.05) is 54.4 Å². The van der Waals surface area contributed by atoms with E-state index >= 15 is 0 Å². The molecule has 1 amide bonds. The maximum absolute atomic E-state index is 12.3. The van der Waals surface area contributed by atoms with Gasteiger partial charge in [0.25, 0.3) is 6.47 Å². The second kappa shape index (κ2) is 19.4. The number of hydrogen-bond donors (Lipinski definition) is 1. The fourth-order valence-electron chi connectivity index (χ4n) is 5.38. The van der Waals surface area contributed by atoms with E-state index < -0.39 is 5.41 Å². The number of amides is 1. The molecule has 4 rings (SSSR count). The van der Waals surface area contributed by atoms with E-state index in [2.05, 4.69) is 85.7 Å². The van der Waals surface area contributed by atoms with Crippen molar-refractivity contribution in [2.45, 2.75) is 76.0 Å². The molecule has 0 radical (unpaired) electrons. The van der Waals surface area contributed by atoms with E-state index in [4.69, 9.17) is 14.2 Å². The number of benzene rings is 4. The van der Waals surface area contributed by atoms with Crippen molar-refractivity contribution in [3.05, 3.63) is 102 Å². The Kier molecular flexibility index (Phi) is 15.6. The molecular formula is C43H56N2O6S. The molecule has 1 N–H and O–H groups in total. The Morgan fingerprint density at radius 1 is 0.769 bits per heavy atom. The number of ether oxygens (including phenoxy) is 3. The summed E-state index contributed by atoms with van der Waals surface area (Å²) in [5, 5.41) is 9.57. The average Bonchev–Trinajstić information content (AvgIpc) is 3.10. The molecule has 4 aromatic rings. The molecule has 0 atom stereocenters. The number of anilines is 2. The number of hydrogen-bond acceptors (Lipinski definition) is 8. The third kappa shape index (κ3) is 12.1. The Morgan fingerprint density at radius 2 is 1.33 bits per heavy atom. The first-order valence-corrected chi connectivity index (χ1v) is 18.4. The van der Waals surface area contributed by atoms with Crippen LogP contribution in [0.15, 0.2) is 94.7 Å².